The minimum absolute atomic E-state index is 0.0716. The standard InChI is InChI=1S/C11H6F5N3S/c12-5-1-2-7(6(13)3-5)20-9-4-8(17)18-10(19-9)11(14,15)16/h1-4H,(H2,17,18,19). The van der Waals surface area contributed by atoms with Crippen molar-refractivity contribution in [3.63, 3.8) is 0 Å². The minimum atomic E-state index is -4.76. The Hall–Kier alpha value is -1.90. The van der Waals surface area contributed by atoms with E-state index in [0.717, 1.165) is 18.2 Å². The number of nitrogens with two attached hydrogens (primary N) is 1. The first-order valence-corrected chi connectivity index (χ1v) is 5.92. The SMILES string of the molecule is Nc1cc(Sc2ccc(F)cc2F)nc(C(F)(F)F)n1. The number of nitrogens with zero attached hydrogens (tertiary/aromatic N) is 2. The summed E-state index contributed by atoms with van der Waals surface area (Å²) in [4.78, 5) is 6.24. The number of hydrogen-bond acceptors (Lipinski definition) is 4. The lowest BCUT2D eigenvalue weighted by atomic mass is 10.3. The molecule has 0 atom stereocenters. The van der Waals surface area contributed by atoms with Crippen LogP contribution in [0.3, 0.4) is 0 Å². The first-order valence-electron chi connectivity index (χ1n) is 5.10. The molecule has 20 heavy (non-hydrogen) atoms. The fraction of sp³-hybridized carbons (Fsp3) is 0.0909. The van der Waals surface area contributed by atoms with Gasteiger partial charge in [-0.25, -0.2) is 18.7 Å². The highest BCUT2D eigenvalue weighted by atomic mass is 32.2. The summed E-state index contributed by atoms with van der Waals surface area (Å²) in [5.41, 5.74) is 5.25. The summed E-state index contributed by atoms with van der Waals surface area (Å²) in [6.07, 6.45) is -4.76. The zero-order chi connectivity index (χ0) is 14.9. The van der Waals surface area contributed by atoms with Gasteiger partial charge in [0.15, 0.2) is 0 Å². The lowest BCUT2D eigenvalue weighted by Gasteiger charge is -2.08. The van der Waals surface area contributed by atoms with Crippen molar-refractivity contribution in [2.24, 2.45) is 0 Å². The summed E-state index contributed by atoms with van der Waals surface area (Å²) >= 11 is 0.595. The molecule has 0 saturated heterocycles. The Bertz CT molecular complexity index is 644. The second-order valence-electron chi connectivity index (χ2n) is 3.63. The topological polar surface area (TPSA) is 51.8 Å². The van der Waals surface area contributed by atoms with Gasteiger partial charge in [0.1, 0.15) is 22.5 Å². The molecular weight excluding hydrogens is 301 g/mol. The molecule has 0 aliphatic rings. The van der Waals surface area contributed by atoms with Crippen molar-refractivity contribution in [3.8, 4) is 0 Å². The normalized spacial score (nSPS) is 11.7. The summed E-state index contributed by atoms with van der Waals surface area (Å²) in [6, 6.07) is 3.78. The summed E-state index contributed by atoms with van der Waals surface area (Å²) in [5, 5.41) is -0.185. The van der Waals surface area contributed by atoms with Crippen LogP contribution < -0.4 is 5.73 Å². The third kappa shape index (κ3) is 3.35. The molecule has 3 nitrogen and oxygen atoms in total. The molecule has 0 spiro atoms. The first kappa shape index (κ1) is 14.5. The van der Waals surface area contributed by atoms with E-state index in [1.54, 1.807) is 0 Å². The summed E-state index contributed by atoms with van der Waals surface area (Å²) in [6.45, 7) is 0. The molecule has 1 aromatic heterocycles. The van der Waals surface area contributed by atoms with Gasteiger partial charge in [0, 0.05) is 17.0 Å². The lowest BCUT2D eigenvalue weighted by molar-refractivity contribution is -0.145. The number of anilines is 1. The number of aromatic nitrogens is 2. The van der Waals surface area contributed by atoms with E-state index < -0.39 is 29.5 Å². The first-order chi connectivity index (χ1) is 9.25. The van der Waals surface area contributed by atoms with Crippen molar-refractivity contribution < 1.29 is 22.0 Å². The molecule has 0 aliphatic carbocycles. The fourth-order valence-corrected chi connectivity index (χ4v) is 2.12. The van der Waals surface area contributed by atoms with E-state index in [-0.39, 0.29) is 9.92 Å². The maximum absolute atomic E-state index is 13.4. The zero-order valence-electron chi connectivity index (χ0n) is 9.58. The molecule has 0 saturated carbocycles. The largest absolute Gasteiger partial charge is 0.451 e. The van der Waals surface area contributed by atoms with E-state index in [4.69, 9.17) is 5.73 Å². The van der Waals surface area contributed by atoms with Gasteiger partial charge in [-0.3, -0.25) is 0 Å². The highest BCUT2D eigenvalue weighted by molar-refractivity contribution is 7.99. The number of rotatable bonds is 2. The molecule has 1 heterocycles. The Kier molecular flexibility index (Phi) is 3.80. The molecule has 2 rings (SSSR count). The van der Waals surface area contributed by atoms with Crippen LogP contribution in [0.25, 0.3) is 0 Å². The van der Waals surface area contributed by atoms with E-state index >= 15 is 0 Å². The average Bonchev–Trinajstić information content (AvgIpc) is 2.31. The Morgan fingerprint density at radius 1 is 1.05 bits per heavy atom. The molecule has 0 aliphatic heterocycles. The van der Waals surface area contributed by atoms with Crippen LogP contribution in [0.5, 0.6) is 0 Å². The van der Waals surface area contributed by atoms with Crippen molar-refractivity contribution >= 4 is 17.6 Å². The molecule has 106 valence electrons. The van der Waals surface area contributed by atoms with Crippen LogP contribution in [0.2, 0.25) is 0 Å². The van der Waals surface area contributed by atoms with E-state index in [9.17, 15) is 22.0 Å². The number of nitrogen functional groups attached to an aromatic ring is 1. The Morgan fingerprint density at radius 2 is 1.75 bits per heavy atom. The van der Waals surface area contributed by atoms with E-state index in [0.29, 0.717) is 17.8 Å². The second kappa shape index (κ2) is 5.23. The van der Waals surface area contributed by atoms with Crippen LogP contribution in [-0.2, 0) is 6.18 Å². The third-order valence-electron chi connectivity index (χ3n) is 2.08. The van der Waals surface area contributed by atoms with Gasteiger partial charge in [-0.2, -0.15) is 13.2 Å². The van der Waals surface area contributed by atoms with Crippen molar-refractivity contribution in [1.29, 1.82) is 0 Å². The molecule has 2 N–H and O–H groups in total. The van der Waals surface area contributed by atoms with Crippen LogP contribution in [0.4, 0.5) is 27.8 Å². The molecule has 9 heteroatoms. The molecule has 0 unspecified atom stereocenters. The zero-order valence-corrected chi connectivity index (χ0v) is 10.4. The van der Waals surface area contributed by atoms with Crippen LogP contribution in [0.1, 0.15) is 5.82 Å². The predicted molar refractivity (Wildman–Crippen MR) is 61.9 cm³/mol. The number of benzene rings is 1. The van der Waals surface area contributed by atoms with Crippen LogP contribution >= 0.6 is 11.8 Å². The molecule has 0 bridgehead atoms. The van der Waals surface area contributed by atoms with Crippen LogP contribution in [-0.4, -0.2) is 9.97 Å². The second-order valence-corrected chi connectivity index (χ2v) is 4.69. The molecular formula is C11H6F5N3S. The highest BCUT2D eigenvalue weighted by Gasteiger charge is 2.35. The molecule has 2 aromatic rings. The maximum Gasteiger partial charge on any atom is 0.451 e. The maximum atomic E-state index is 13.4. The van der Waals surface area contributed by atoms with Gasteiger partial charge in [-0.15, -0.1) is 0 Å². The predicted octanol–water partition coefficient (Wildman–Crippen LogP) is 3.51. The van der Waals surface area contributed by atoms with Gasteiger partial charge >= 0.3 is 6.18 Å². The number of alkyl halides is 3. The minimum Gasteiger partial charge on any atom is -0.384 e. The van der Waals surface area contributed by atoms with E-state index in [1.165, 1.54) is 0 Å². The Morgan fingerprint density at radius 3 is 2.35 bits per heavy atom. The summed E-state index contributed by atoms with van der Waals surface area (Å²) in [5.74, 6) is -3.49. The molecule has 0 amide bonds. The lowest BCUT2D eigenvalue weighted by Crippen LogP contribution is -2.12. The molecule has 0 fully saturated rings. The van der Waals surface area contributed by atoms with Crippen molar-refractivity contribution in [3.05, 3.63) is 41.7 Å². The third-order valence-corrected chi connectivity index (χ3v) is 3.05. The average molecular weight is 307 g/mol. The Balaban J connectivity index is 2.36. The van der Waals surface area contributed by atoms with Crippen molar-refractivity contribution in [1.82, 2.24) is 9.97 Å². The van der Waals surface area contributed by atoms with Crippen LogP contribution in [0, 0.1) is 11.6 Å². The van der Waals surface area contributed by atoms with E-state index in [1.807, 2.05) is 0 Å². The van der Waals surface area contributed by atoms with Gasteiger partial charge < -0.3 is 5.73 Å². The monoisotopic (exact) mass is 307 g/mol. The summed E-state index contributed by atoms with van der Waals surface area (Å²) < 4.78 is 63.7. The smallest absolute Gasteiger partial charge is 0.384 e. The fourth-order valence-electron chi connectivity index (χ4n) is 1.29. The molecule has 1 aromatic carbocycles. The van der Waals surface area contributed by atoms with Crippen LogP contribution in [0.15, 0.2) is 34.2 Å². The highest BCUT2D eigenvalue weighted by Crippen LogP contribution is 2.33. The summed E-state index contributed by atoms with van der Waals surface area (Å²) in [7, 11) is 0. The van der Waals surface area contributed by atoms with Crippen molar-refractivity contribution in [2.75, 3.05) is 5.73 Å². The van der Waals surface area contributed by atoms with Gasteiger partial charge in [0.2, 0.25) is 5.82 Å². The van der Waals surface area contributed by atoms with Gasteiger partial charge in [-0.05, 0) is 12.1 Å². The van der Waals surface area contributed by atoms with Gasteiger partial charge in [0.05, 0.1) is 0 Å². The number of hydrogen-bond donors (Lipinski definition) is 1. The van der Waals surface area contributed by atoms with Crippen molar-refractivity contribution in [2.45, 2.75) is 16.1 Å². The quantitative estimate of drug-likeness (QED) is 0.681. The van der Waals surface area contributed by atoms with E-state index in [2.05, 4.69) is 9.97 Å². The Labute approximate surface area is 114 Å². The molecule has 0 radical (unpaired) electrons. The van der Waals surface area contributed by atoms with Gasteiger partial charge in [-0.1, -0.05) is 11.8 Å². The van der Waals surface area contributed by atoms with Gasteiger partial charge in [0.25, 0.3) is 0 Å². The number of halogens is 5.